The third-order valence-electron chi connectivity index (χ3n) is 4.95. The summed E-state index contributed by atoms with van der Waals surface area (Å²) in [6.07, 6.45) is 1.88. The van der Waals surface area contributed by atoms with Crippen molar-refractivity contribution in [1.29, 1.82) is 0 Å². The number of benzene rings is 2. The fourth-order valence-electron chi connectivity index (χ4n) is 3.48. The molecule has 2 aromatic carbocycles. The molecule has 0 saturated carbocycles. The highest BCUT2D eigenvalue weighted by Gasteiger charge is 2.22. The number of ether oxygens (including phenoxy) is 1. The van der Waals surface area contributed by atoms with E-state index >= 15 is 0 Å². The zero-order valence-electron chi connectivity index (χ0n) is 15.7. The van der Waals surface area contributed by atoms with Gasteiger partial charge in [-0.3, -0.25) is 9.59 Å². The average molecular weight is 375 g/mol. The molecule has 1 aliphatic heterocycles. The van der Waals surface area contributed by atoms with E-state index < -0.39 is 0 Å². The fourth-order valence-corrected chi connectivity index (χ4v) is 3.48. The molecule has 2 heterocycles. The van der Waals surface area contributed by atoms with E-state index in [9.17, 15) is 9.59 Å². The minimum atomic E-state index is -0.295. The number of carbonyl (C=O) groups excluding carboxylic acids is 1. The lowest BCUT2D eigenvalue weighted by Gasteiger charge is -2.29. The van der Waals surface area contributed by atoms with Crippen LogP contribution in [0.2, 0.25) is 0 Å². The third-order valence-corrected chi connectivity index (χ3v) is 4.95. The zero-order chi connectivity index (χ0) is 19.5. The van der Waals surface area contributed by atoms with Crippen molar-refractivity contribution in [3.8, 4) is 17.0 Å². The molecule has 0 aliphatic carbocycles. The topological polar surface area (TPSA) is 64.4 Å². The summed E-state index contributed by atoms with van der Waals surface area (Å²) in [7, 11) is 1.61. The minimum Gasteiger partial charge on any atom is -0.497 e. The van der Waals surface area contributed by atoms with E-state index in [0.29, 0.717) is 12.2 Å². The van der Waals surface area contributed by atoms with Crippen molar-refractivity contribution in [3.05, 3.63) is 76.6 Å². The SMILES string of the molecule is COc1ccc(-c2ccc(=O)n(CC(=O)N3CCCc4ccccc43)n2)cc1. The molecule has 0 saturated heterocycles. The van der Waals surface area contributed by atoms with E-state index in [1.54, 1.807) is 18.1 Å². The summed E-state index contributed by atoms with van der Waals surface area (Å²) >= 11 is 0. The maximum atomic E-state index is 12.9. The Bertz CT molecular complexity index is 1060. The van der Waals surface area contributed by atoms with Crippen LogP contribution in [0.1, 0.15) is 12.0 Å². The molecule has 6 nitrogen and oxygen atoms in total. The number of hydrogen-bond acceptors (Lipinski definition) is 4. The molecule has 0 atom stereocenters. The normalized spacial score (nSPS) is 13.1. The maximum absolute atomic E-state index is 12.9. The van der Waals surface area contributed by atoms with Gasteiger partial charge in [-0.05, 0) is 54.8 Å². The van der Waals surface area contributed by atoms with Crippen LogP contribution in [0.5, 0.6) is 5.75 Å². The van der Waals surface area contributed by atoms with Crippen molar-refractivity contribution >= 4 is 11.6 Å². The molecule has 3 aromatic rings. The van der Waals surface area contributed by atoms with Crippen LogP contribution in [0.25, 0.3) is 11.3 Å². The molecule has 1 amide bonds. The maximum Gasteiger partial charge on any atom is 0.267 e. The molecule has 4 rings (SSSR count). The second-order valence-electron chi connectivity index (χ2n) is 6.72. The minimum absolute atomic E-state index is 0.0861. The molecule has 142 valence electrons. The molecule has 0 spiro atoms. The first kappa shape index (κ1) is 18.0. The molecule has 1 aliphatic rings. The molecular weight excluding hydrogens is 354 g/mol. The number of para-hydroxylation sites is 1. The van der Waals surface area contributed by atoms with Crippen molar-refractivity contribution < 1.29 is 9.53 Å². The van der Waals surface area contributed by atoms with E-state index in [-0.39, 0.29) is 18.0 Å². The lowest BCUT2D eigenvalue weighted by Crippen LogP contribution is -2.40. The first-order chi connectivity index (χ1) is 13.7. The molecule has 6 heteroatoms. The van der Waals surface area contributed by atoms with Crippen molar-refractivity contribution in [3.63, 3.8) is 0 Å². The average Bonchev–Trinajstić information content (AvgIpc) is 2.75. The van der Waals surface area contributed by atoms with Gasteiger partial charge >= 0.3 is 0 Å². The predicted octanol–water partition coefficient (Wildman–Crippen LogP) is 2.90. The largest absolute Gasteiger partial charge is 0.497 e. The Labute approximate surface area is 163 Å². The number of anilines is 1. The number of aryl methyl sites for hydroxylation is 1. The standard InChI is InChI=1S/C22H21N3O3/c1-28-18-10-8-16(9-11-18)19-12-13-21(26)25(23-19)15-22(27)24-14-4-6-17-5-2-3-7-20(17)24/h2-3,5,7-13H,4,6,14-15H2,1H3. The van der Waals surface area contributed by atoms with Gasteiger partial charge in [0.25, 0.3) is 5.56 Å². The van der Waals surface area contributed by atoms with Crippen LogP contribution in [0.4, 0.5) is 5.69 Å². The van der Waals surface area contributed by atoms with Gasteiger partial charge in [-0.2, -0.15) is 5.10 Å². The highest BCUT2D eigenvalue weighted by molar-refractivity contribution is 5.94. The van der Waals surface area contributed by atoms with Gasteiger partial charge < -0.3 is 9.64 Å². The Morgan fingerprint density at radius 3 is 2.64 bits per heavy atom. The Kier molecular flexibility index (Phi) is 4.93. The highest BCUT2D eigenvalue weighted by atomic mass is 16.5. The lowest BCUT2D eigenvalue weighted by atomic mass is 10.0. The van der Waals surface area contributed by atoms with Gasteiger partial charge in [-0.15, -0.1) is 0 Å². The number of rotatable bonds is 4. The number of amides is 1. The second-order valence-corrected chi connectivity index (χ2v) is 6.72. The highest BCUT2D eigenvalue weighted by Crippen LogP contribution is 2.27. The molecule has 28 heavy (non-hydrogen) atoms. The number of carbonyl (C=O) groups is 1. The Balaban J connectivity index is 1.60. The first-order valence-corrected chi connectivity index (χ1v) is 9.26. The van der Waals surface area contributed by atoms with Crippen molar-refractivity contribution in [2.24, 2.45) is 0 Å². The van der Waals surface area contributed by atoms with Gasteiger partial charge in [0.15, 0.2) is 0 Å². The van der Waals surface area contributed by atoms with E-state index in [4.69, 9.17) is 4.74 Å². The van der Waals surface area contributed by atoms with Gasteiger partial charge in [-0.25, -0.2) is 4.68 Å². The molecular formula is C22H21N3O3. The number of fused-ring (bicyclic) bond motifs is 1. The lowest BCUT2D eigenvalue weighted by molar-refractivity contribution is -0.119. The monoisotopic (exact) mass is 375 g/mol. The van der Waals surface area contributed by atoms with E-state index in [2.05, 4.69) is 5.10 Å². The summed E-state index contributed by atoms with van der Waals surface area (Å²) in [5.41, 5.74) is 3.28. The molecule has 0 fully saturated rings. The molecule has 0 bridgehead atoms. The van der Waals surface area contributed by atoms with Gasteiger partial charge in [0.2, 0.25) is 5.91 Å². The van der Waals surface area contributed by atoms with Crippen molar-refractivity contribution in [1.82, 2.24) is 9.78 Å². The summed E-state index contributed by atoms with van der Waals surface area (Å²) < 4.78 is 6.41. The van der Waals surface area contributed by atoms with Gasteiger partial charge in [0.05, 0.1) is 12.8 Å². The van der Waals surface area contributed by atoms with Crippen molar-refractivity contribution in [2.45, 2.75) is 19.4 Å². The van der Waals surface area contributed by atoms with Crippen LogP contribution in [0, 0.1) is 0 Å². The summed E-state index contributed by atoms with van der Waals surface area (Å²) in [5, 5.41) is 4.40. The number of hydrogen-bond donors (Lipinski definition) is 0. The van der Waals surface area contributed by atoms with Crippen molar-refractivity contribution in [2.75, 3.05) is 18.6 Å². The summed E-state index contributed by atoms with van der Waals surface area (Å²) in [6.45, 7) is 0.569. The van der Waals surface area contributed by atoms with Gasteiger partial charge in [0, 0.05) is 23.9 Å². The summed E-state index contributed by atoms with van der Waals surface area (Å²) in [6, 6.07) is 18.4. The van der Waals surface area contributed by atoms with E-state index in [1.165, 1.54) is 10.7 Å². The van der Waals surface area contributed by atoms with E-state index in [1.807, 2.05) is 48.5 Å². The number of nitrogens with zero attached hydrogens (tertiary/aromatic N) is 3. The summed E-state index contributed by atoms with van der Waals surface area (Å²) in [4.78, 5) is 27.0. The quantitative estimate of drug-likeness (QED) is 0.703. The Hall–Kier alpha value is -3.41. The van der Waals surface area contributed by atoms with Gasteiger partial charge in [0.1, 0.15) is 12.3 Å². The number of methoxy groups -OCH3 is 1. The van der Waals surface area contributed by atoms with Gasteiger partial charge in [-0.1, -0.05) is 18.2 Å². The van der Waals surface area contributed by atoms with Crippen LogP contribution in [-0.2, 0) is 17.8 Å². The smallest absolute Gasteiger partial charge is 0.267 e. The summed E-state index contributed by atoms with van der Waals surface area (Å²) in [5.74, 6) is 0.615. The molecule has 1 aromatic heterocycles. The van der Waals surface area contributed by atoms with E-state index in [0.717, 1.165) is 35.4 Å². The van der Waals surface area contributed by atoms with Crippen LogP contribution in [0.3, 0.4) is 0 Å². The number of aromatic nitrogens is 2. The Morgan fingerprint density at radius 2 is 1.86 bits per heavy atom. The first-order valence-electron chi connectivity index (χ1n) is 9.26. The fraction of sp³-hybridized carbons (Fsp3) is 0.227. The van der Waals surface area contributed by atoms with Crippen LogP contribution < -0.4 is 15.2 Å². The predicted molar refractivity (Wildman–Crippen MR) is 108 cm³/mol. The Morgan fingerprint density at radius 1 is 1.07 bits per heavy atom. The zero-order valence-corrected chi connectivity index (χ0v) is 15.7. The molecule has 0 N–H and O–H groups in total. The van der Waals surface area contributed by atoms with Crippen LogP contribution in [0.15, 0.2) is 65.5 Å². The van der Waals surface area contributed by atoms with Crippen LogP contribution >= 0.6 is 0 Å². The second kappa shape index (κ2) is 7.68. The third kappa shape index (κ3) is 3.53. The van der Waals surface area contributed by atoms with Crippen LogP contribution in [-0.4, -0.2) is 29.3 Å². The molecule has 0 radical (unpaired) electrons. The molecule has 0 unspecified atom stereocenters.